The predicted octanol–water partition coefficient (Wildman–Crippen LogP) is 2.23. The van der Waals surface area contributed by atoms with Crippen LogP contribution in [0.15, 0.2) is 24.3 Å². The third-order valence-electron chi connectivity index (χ3n) is 3.41. The zero-order valence-corrected chi connectivity index (χ0v) is 11.2. The summed E-state index contributed by atoms with van der Waals surface area (Å²) in [7, 11) is 0. The van der Waals surface area contributed by atoms with Crippen molar-refractivity contribution in [3.63, 3.8) is 0 Å². The smallest absolute Gasteiger partial charge is 0.220 e. The number of benzene rings is 1. The molecule has 1 aromatic carbocycles. The molecule has 1 saturated heterocycles. The van der Waals surface area contributed by atoms with Crippen molar-refractivity contribution in [1.29, 1.82) is 0 Å². The van der Waals surface area contributed by atoms with Crippen LogP contribution in [0.1, 0.15) is 37.7 Å². The molecule has 1 unspecified atom stereocenters. The molecule has 0 bridgehead atoms. The summed E-state index contributed by atoms with van der Waals surface area (Å²) in [5.41, 5.74) is 7.45. The first-order chi connectivity index (χ1) is 9.24. The minimum absolute atomic E-state index is 0.0802. The van der Waals surface area contributed by atoms with Crippen LogP contribution in [0, 0.1) is 0 Å². The molecule has 0 aliphatic carbocycles. The molecule has 0 spiro atoms. The van der Waals surface area contributed by atoms with Crippen LogP contribution in [0.4, 0.5) is 5.69 Å². The summed E-state index contributed by atoms with van der Waals surface area (Å²) in [5, 5.41) is 2.92. The number of hydrogen-bond acceptors (Lipinski definition) is 3. The Morgan fingerprint density at radius 1 is 1.42 bits per heavy atom. The van der Waals surface area contributed by atoms with Crippen molar-refractivity contribution in [1.82, 2.24) is 5.32 Å². The molecule has 1 atom stereocenters. The van der Waals surface area contributed by atoms with Gasteiger partial charge in [0.05, 0.1) is 6.10 Å². The molecule has 0 aromatic heterocycles. The van der Waals surface area contributed by atoms with E-state index in [0.29, 0.717) is 13.0 Å². The van der Waals surface area contributed by atoms with Crippen LogP contribution in [0.3, 0.4) is 0 Å². The molecular formula is C15H22N2O2. The number of carbonyl (C=O) groups is 1. The number of nitrogens with two attached hydrogens (primary N) is 1. The fourth-order valence-electron chi connectivity index (χ4n) is 2.32. The highest BCUT2D eigenvalue weighted by Gasteiger charge is 2.15. The summed E-state index contributed by atoms with van der Waals surface area (Å²) in [6.45, 7) is 1.38. The van der Waals surface area contributed by atoms with Crippen molar-refractivity contribution >= 4 is 11.6 Å². The Morgan fingerprint density at radius 3 is 3.05 bits per heavy atom. The van der Waals surface area contributed by atoms with E-state index >= 15 is 0 Å². The van der Waals surface area contributed by atoms with Crippen LogP contribution in [0.5, 0.6) is 0 Å². The molecule has 3 N–H and O–H groups in total. The second-order valence-corrected chi connectivity index (χ2v) is 5.05. The standard InChI is InChI=1S/C15H22N2O2/c16-13-5-3-4-12(10-13)11-17-15(18)8-7-14-6-1-2-9-19-14/h3-5,10,14H,1-2,6-9,11,16H2,(H,17,18). The Morgan fingerprint density at radius 2 is 2.32 bits per heavy atom. The van der Waals surface area contributed by atoms with E-state index < -0.39 is 0 Å². The summed E-state index contributed by atoms with van der Waals surface area (Å²) < 4.78 is 5.61. The molecule has 1 aliphatic rings. The fraction of sp³-hybridized carbons (Fsp3) is 0.533. The number of nitrogen functional groups attached to an aromatic ring is 1. The van der Waals surface area contributed by atoms with E-state index in [2.05, 4.69) is 5.32 Å². The van der Waals surface area contributed by atoms with Gasteiger partial charge in [-0.15, -0.1) is 0 Å². The Hall–Kier alpha value is -1.55. The van der Waals surface area contributed by atoms with Gasteiger partial charge < -0.3 is 15.8 Å². The van der Waals surface area contributed by atoms with Gasteiger partial charge in [-0.25, -0.2) is 0 Å². The number of ether oxygens (including phenoxy) is 1. The highest BCUT2D eigenvalue weighted by atomic mass is 16.5. The maximum Gasteiger partial charge on any atom is 0.220 e. The van der Waals surface area contributed by atoms with Crippen molar-refractivity contribution in [3.05, 3.63) is 29.8 Å². The predicted molar refractivity (Wildman–Crippen MR) is 75.5 cm³/mol. The second-order valence-electron chi connectivity index (χ2n) is 5.05. The third kappa shape index (κ3) is 4.91. The number of nitrogens with one attached hydrogen (secondary N) is 1. The van der Waals surface area contributed by atoms with E-state index in [-0.39, 0.29) is 12.0 Å². The van der Waals surface area contributed by atoms with Gasteiger partial charge in [-0.2, -0.15) is 0 Å². The highest BCUT2D eigenvalue weighted by Crippen LogP contribution is 2.16. The van der Waals surface area contributed by atoms with E-state index in [0.717, 1.165) is 37.1 Å². The van der Waals surface area contributed by atoms with Crippen LogP contribution in [0.2, 0.25) is 0 Å². The van der Waals surface area contributed by atoms with Crippen molar-refractivity contribution in [2.75, 3.05) is 12.3 Å². The van der Waals surface area contributed by atoms with Gasteiger partial charge in [-0.1, -0.05) is 12.1 Å². The lowest BCUT2D eigenvalue weighted by molar-refractivity contribution is -0.122. The lowest BCUT2D eigenvalue weighted by Crippen LogP contribution is -2.26. The van der Waals surface area contributed by atoms with Crippen LogP contribution in [0.25, 0.3) is 0 Å². The minimum atomic E-state index is 0.0802. The molecule has 0 radical (unpaired) electrons. The maximum atomic E-state index is 11.7. The molecule has 19 heavy (non-hydrogen) atoms. The monoisotopic (exact) mass is 262 g/mol. The van der Waals surface area contributed by atoms with Gasteiger partial charge in [0.1, 0.15) is 0 Å². The molecule has 104 valence electrons. The van der Waals surface area contributed by atoms with Crippen molar-refractivity contribution < 1.29 is 9.53 Å². The van der Waals surface area contributed by atoms with Gasteiger partial charge in [0.15, 0.2) is 0 Å². The largest absolute Gasteiger partial charge is 0.399 e. The normalized spacial score (nSPS) is 19.1. The van der Waals surface area contributed by atoms with Crippen LogP contribution < -0.4 is 11.1 Å². The highest BCUT2D eigenvalue weighted by molar-refractivity contribution is 5.75. The maximum absolute atomic E-state index is 11.7. The van der Waals surface area contributed by atoms with Crippen molar-refractivity contribution in [3.8, 4) is 0 Å². The number of rotatable bonds is 5. The van der Waals surface area contributed by atoms with E-state index in [1.54, 1.807) is 0 Å². The Balaban J connectivity index is 1.66. The van der Waals surface area contributed by atoms with Crippen molar-refractivity contribution in [2.45, 2.75) is 44.8 Å². The molecule has 1 amide bonds. The summed E-state index contributed by atoms with van der Waals surface area (Å²) >= 11 is 0. The molecule has 4 heteroatoms. The summed E-state index contributed by atoms with van der Waals surface area (Å²) in [6, 6.07) is 7.57. The van der Waals surface area contributed by atoms with Crippen LogP contribution >= 0.6 is 0 Å². The summed E-state index contributed by atoms with van der Waals surface area (Å²) in [6.07, 6.45) is 5.08. The molecule has 2 rings (SSSR count). The van der Waals surface area contributed by atoms with Crippen LogP contribution in [-0.2, 0) is 16.1 Å². The Labute approximate surface area is 114 Å². The SMILES string of the molecule is Nc1cccc(CNC(=O)CCC2CCCCO2)c1. The second kappa shape index (κ2) is 7.14. The molecule has 1 aliphatic heterocycles. The minimum Gasteiger partial charge on any atom is -0.399 e. The van der Waals surface area contributed by atoms with E-state index in [1.807, 2.05) is 24.3 Å². The lowest BCUT2D eigenvalue weighted by Gasteiger charge is -2.22. The van der Waals surface area contributed by atoms with Crippen molar-refractivity contribution in [2.24, 2.45) is 0 Å². The molecule has 0 saturated carbocycles. The van der Waals surface area contributed by atoms with Gasteiger partial charge in [-0.3, -0.25) is 4.79 Å². The number of anilines is 1. The Bertz CT molecular complexity index is 414. The summed E-state index contributed by atoms with van der Waals surface area (Å²) in [5.74, 6) is 0.0802. The van der Waals surface area contributed by atoms with E-state index in [4.69, 9.17) is 10.5 Å². The average Bonchev–Trinajstić information content (AvgIpc) is 2.44. The average molecular weight is 262 g/mol. The fourth-order valence-corrected chi connectivity index (χ4v) is 2.32. The molecule has 4 nitrogen and oxygen atoms in total. The number of amides is 1. The first kappa shape index (κ1) is 13.9. The molecule has 1 aromatic rings. The van der Waals surface area contributed by atoms with Gasteiger partial charge in [0, 0.05) is 25.3 Å². The first-order valence-corrected chi connectivity index (χ1v) is 6.97. The lowest BCUT2D eigenvalue weighted by atomic mass is 10.0. The first-order valence-electron chi connectivity index (χ1n) is 6.97. The zero-order valence-electron chi connectivity index (χ0n) is 11.2. The number of carbonyl (C=O) groups excluding carboxylic acids is 1. The summed E-state index contributed by atoms with van der Waals surface area (Å²) in [4.78, 5) is 11.7. The third-order valence-corrected chi connectivity index (χ3v) is 3.41. The number of hydrogen-bond donors (Lipinski definition) is 2. The zero-order chi connectivity index (χ0) is 13.5. The topological polar surface area (TPSA) is 64.3 Å². The molecule has 1 fully saturated rings. The molecule has 1 heterocycles. The van der Waals surface area contributed by atoms with Gasteiger partial charge in [0.25, 0.3) is 0 Å². The van der Waals surface area contributed by atoms with Crippen LogP contribution in [-0.4, -0.2) is 18.6 Å². The van der Waals surface area contributed by atoms with Gasteiger partial charge in [-0.05, 0) is 43.4 Å². The Kier molecular flexibility index (Phi) is 5.21. The molecular weight excluding hydrogens is 240 g/mol. The quantitative estimate of drug-likeness (QED) is 0.800. The van der Waals surface area contributed by atoms with Gasteiger partial charge in [0.2, 0.25) is 5.91 Å². The van der Waals surface area contributed by atoms with E-state index in [9.17, 15) is 4.79 Å². The van der Waals surface area contributed by atoms with E-state index in [1.165, 1.54) is 6.42 Å². The van der Waals surface area contributed by atoms with Gasteiger partial charge >= 0.3 is 0 Å².